The molecule has 4 rings (SSSR count). The zero-order valence-corrected chi connectivity index (χ0v) is 19.7. The van der Waals surface area contributed by atoms with E-state index in [1.807, 2.05) is 24.3 Å². The lowest BCUT2D eigenvalue weighted by atomic mass is 9.98. The number of fused-ring (bicyclic) bond motifs is 3. The van der Waals surface area contributed by atoms with E-state index in [0.29, 0.717) is 11.3 Å². The number of carbonyl (C=O) groups excluding carboxylic acids is 2. The molecule has 0 radical (unpaired) electrons. The predicted molar refractivity (Wildman–Crippen MR) is 133 cm³/mol. The molecule has 3 aromatic rings. The number of carbonyl (C=O) groups is 3. The van der Waals surface area contributed by atoms with Gasteiger partial charge in [0.2, 0.25) is 5.91 Å². The molecule has 0 spiro atoms. The molecule has 0 bridgehead atoms. The van der Waals surface area contributed by atoms with Gasteiger partial charge in [-0.3, -0.25) is 9.59 Å². The van der Waals surface area contributed by atoms with Gasteiger partial charge in [-0.15, -0.1) is 0 Å². The third kappa shape index (κ3) is 5.51. The Morgan fingerprint density at radius 3 is 2.03 bits per heavy atom. The van der Waals surface area contributed by atoms with E-state index in [1.165, 1.54) is 0 Å². The summed E-state index contributed by atoms with van der Waals surface area (Å²) in [6.45, 7) is 3.55. The summed E-state index contributed by atoms with van der Waals surface area (Å²) in [7, 11) is 0. The Kier molecular flexibility index (Phi) is 7.15. The maximum atomic E-state index is 12.4. The van der Waals surface area contributed by atoms with Gasteiger partial charge in [0.1, 0.15) is 6.61 Å². The van der Waals surface area contributed by atoms with Crippen molar-refractivity contribution in [2.45, 2.75) is 38.1 Å². The van der Waals surface area contributed by atoms with Crippen molar-refractivity contribution in [3.8, 4) is 11.1 Å². The Morgan fingerprint density at radius 2 is 1.46 bits per heavy atom. The number of rotatable bonds is 8. The number of hydrogen-bond acceptors (Lipinski definition) is 4. The first kappa shape index (κ1) is 24.0. The molecule has 7 heteroatoms. The van der Waals surface area contributed by atoms with Gasteiger partial charge >= 0.3 is 12.1 Å². The topological polar surface area (TPSA) is 105 Å². The number of anilines is 1. The van der Waals surface area contributed by atoms with Gasteiger partial charge in [0.05, 0.1) is 5.92 Å². The average Bonchev–Trinajstić information content (AvgIpc) is 3.16. The first-order valence-electron chi connectivity index (χ1n) is 11.6. The fraction of sp³-hybridized carbons (Fsp3) is 0.250. The van der Waals surface area contributed by atoms with Crippen LogP contribution in [0.15, 0.2) is 72.8 Å². The number of hydrogen-bond donors (Lipinski definition) is 3. The lowest BCUT2D eigenvalue weighted by molar-refractivity contribution is -0.138. The van der Waals surface area contributed by atoms with E-state index in [9.17, 15) is 14.4 Å². The van der Waals surface area contributed by atoms with Crippen molar-refractivity contribution in [1.29, 1.82) is 0 Å². The van der Waals surface area contributed by atoms with Gasteiger partial charge in [0.15, 0.2) is 0 Å². The van der Waals surface area contributed by atoms with Crippen LogP contribution in [0.5, 0.6) is 0 Å². The summed E-state index contributed by atoms with van der Waals surface area (Å²) in [5.41, 5.74) is 5.81. The molecule has 0 saturated heterocycles. The minimum Gasteiger partial charge on any atom is -0.481 e. The number of alkyl carbamates (subject to hydrolysis) is 1. The maximum absolute atomic E-state index is 12.4. The van der Waals surface area contributed by atoms with E-state index in [0.717, 1.165) is 22.3 Å². The van der Waals surface area contributed by atoms with Crippen LogP contribution < -0.4 is 10.6 Å². The number of nitrogens with one attached hydrogen (secondary N) is 2. The summed E-state index contributed by atoms with van der Waals surface area (Å²) in [6, 6.07) is 22.5. The highest BCUT2D eigenvalue weighted by molar-refractivity contribution is 5.91. The molecule has 0 aliphatic heterocycles. The lowest BCUT2D eigenvalue weighted by Crippen LogP contribution is -2.36. The number of aliphatic carboxylic acids is 1. The third-order valence-corrected chi connectivity index (χ3v) is 6.26. The molecule has 1 unspecified atom stereocenters. The van der Waals surface area contributed by atoms with Crippen LogP contribution in [0.2, 0.25) is 0 Å². The zero-order chi connectivity index (χ0) is 24.9. The van der Waals surface area contributed by atoms with Crippen LogP contribution in [-0.4, -0.2) is 35.7 Å². The van der Waals surface area contributed by atoms with Crippen LogP contribution in [0.1, 0.15) is 48.8 Å². The highest BCUT2D eigenvalue weighted by atomic mass is 16.5. The molecule has 0 fully saturated rings. The van der Waals surface area contributed by atoms with E-state index in [-0.39, 0.29) is 24.9 Å². The molecule has 1 aliphatic rings. The second-order valence-electron chi connectivity index (χ2n) is 8.81. The van der Waals surface area contributed by atoms with Crippen molar-refractivity contribution in [2.24, 2.45) is 0 Å². The van der Waals surface area contributed by atoms with Crippen molar-refractivity contribution in [3.63, 3.8) is 0 Å². The van der Waals surface area contributed by atoms with E-state index < -0.39 is 24.0 Å². The molecule has 35 heavy (non-hydrogen) atoms. The minimum absolute atomic E-state index is 0.0291. The monoisotopic (exact) mass is 472 g/mol. The summed E-state index contributed by atoms with van der Waals surface area (Å²) in [6.07, 6.45) is -0.503. The fourth-order valence-corrected chi connectivity index (χ4v) is 4.38. The molecule has 7 nitrogen and oxygen atoms in total. The average molecular weight is 473 g/mol. The number of carboxylic acids is 1. The van der Waals surface area contributed by atoms with Crippen molar-refractivity contribution >= 4 is 23.7 Å². The van der Waals surface area contributed by atoms with Crippen molar-refractivity contribution in [2.75, 3.05) is 11.9 Å². The first-order valence-corrected chi connectivity index (χ1v) is 11.6. The molecule has 3 aromatic carbocycles. The van der Waals surface area contributed by atoms with Gasteiger partial charge in [-0.2, -0.15) is 0 Å². The Bertz CT molecular complexity index is 1190. The molecule has 0 saturated carbocycles. The number of ether oxygens (including phenoxy) is 1. The summed E-state index contributed by atoms with van der Waals surface area (Å²) < 4.78 is 5.54. The van der Waals surface area contributed by atoms with Crippen LogP contribution in [-0.2, 0) is 14.3 Å². The van der Waals surface area contributed by atoms with Crippen molar-refractivity contribution in [1.82, 2.24) is 5.32 Å². The smallest absolute Gasteiger partial charge is 0.407 e. The summed E-state index contributed by atoms with van der Waals surface area (Å²) in [5, 5.41) is 14.6. The minimum atomic E-state index is -0.907. The van der Waals surface area contributed by atoms with Crippen LogP contribution in [0, 0.1) is 0 Å². The Labute approximate surface area is 204 Å². The molecule has 3 N–H and O–H groups in total. The molecule has 0 aromatic heterocycles. The Hall–Kier alpha value is -4.13. The van der Waals surface area contributed by atoms with Crippen LogP contribution in [0.25, 0.3) is 11.1 Å². The zero-order valence-electron chi connectivity index (χ0n) is 19.7. The van der Waals surface area contributed by atoms with E-state index in [1.54, 1.807) is 38.1 Å². The van der Waals surface area contributed by atoms with E-state index >= 15 is 0 Å². The SMILES string of the molecule is CC(C(=O)O)c1ccc(NC(=O)C[C@H](C)NC(=O)OCC2c3ccccc3-c3ccccc32)cc1. The summed E-state index contributed by atoms with van der Waals surface area (Å²) in [4.78, 5) is 35.9. The van der Waals surface area contributed by atoms with Gasteiger partial charge in [-0.05, 0) is 53.8 Å². The molecule has 2 amide bonds. The molecule has 0 heterocycles. The maximum Gasteiger partial charge on any atom is 0.407 e. The van der Waals surface area contributed by atoms with Crippen molar-refractivity contribution < 1.29 is 24.2 Å². The predicted octanol–water partition coefficient (Wildman–Crippen LogP) is 5.13. The summed E-state index contributed by atoms with van der Waals surface area (Å²) >= 11 is 0. The first-order chi connectivity index (χ1) is 16.8. The largest absolute Gasteiger partial charge is 0.481 e. The van der Waals surface area contributed by atoms with Gasteiger partial charge in [-0.1, -0.05) is 60.7 Å². The number of carboxylic acid groups (broad SMARTS) is 1. The van der Waals surface area contributed by atoms with Crippen LogP contribution in [0.4, 0.5) is 10.5 Å². The Morgan fingerprint density at radius 1 is 0.886 bits per heavy atom. The summed E-state index contributed by atoms with van der Waals surface area (Å²) in [5.74, 6) is -1.83. The highest BCUT2D eigenvalue weighted by Gasteiger charge is 2.29. The van der Waals surface area contributed by atoms with Crippen LogP contribution >= 0.6 is 0 Å². The second kappa shape index (κ2) is 10.4. The van der Waals surface area contributed by atoms with E-state index in [4.69, 9.17) is 9.84 Å². The number of benzene rings is 3. The lowest BCUT2D eigenvalue weighted by Gasteiger charge is -2.17. The molecule has 2 atom stereocenters. The van der Waals surface area contributed by atoms with Crippen LogP contribution in [0.3, 0.4) is 0 Å². The number of amides is 2. The quantitative estimate of drug-likeness (QED) is 0.422. The van der Waals surface area contributed by atoms with Gasteiger partial charge in [-0.25, -0.2) is 4.79 Å². The van der Waals surface area contributed by atoms with E-state index in [2.05, 4.69) is 34.9 Å². The normalized spacial score (nSPS) is 13.8. The highest BCUT2D eigenvalue weighted by Crippen LogP contribution is 2.44. The second-order valence-corrected chi connectivity index (χ2v) is 8.81. The fourth-order valence-electron chi connectivity index (χ4n) is 4.38. The van der Waals surface area contributed by atoms with Gasteiger partial charge in [0, 0.05) is 24.1 Å². The standard InChI is InChI=1S/C28H28N2O5/c1-17(15-26(31)30-20-13-11-19(12-14-20)18(2)27(32)33)29-28(34)35-16-25-23-9-5-3-7-21(23)22-8-4-6-10-24(22)25/h3-14,17-18,25H,15-16H2,1-2H3,(H,29,34)(H,30,31)(H,32,33)/t17-,18?/m0/s1. The Balaban J connectivity index is 1.27. The molecule has 1 aliphatic carbocycles. The van der Waals surface area contributed by atoms with Gasteiger partial charge in [0.25, 0.3) is 0 Å². The molecular weight excluding hydrogens is 444 g/mol. The molecule has 180 valence electrons. The molecular formula is C28H28N2O5. The third-order valence-electron chi connectivity index (χ3n) is 6.26. The van der Waals surface area contributed by atoms with Crippen molar-refractivity contribution in [3.05, 3.63) is 89.5 Å². The van der Waals surface area contributed by atoms with Gasteiger partial charge < -0.3 is 20.5 Å².